The quantitative estimate of drug-likeness (QED) is 0.867. The molecule has 0 saturated heterocycles. The number of nitrogens with one attached hydrogen (secondary N) is 2. The number of sulfonamides is 1. The smallest absolute Gasteiger partial charge is 0.297 e. The summed E-state index contributed by atoms with van der Waals surface area (Å²) in [7, 11) is -3.60. The summed E-state index contributed by atoms with van der Waals surface area (Å²) >= 11 is 6.95. The Morgan fingerprint density at radius 2 is 2.38 bits per heavy atom. The molecule has 2 rings (SSSR count). The van der Waals surface area contributed by atoms with E-state index in [9.17, 15) is 8.42 Å². The monoisotopic (exact) mass is 279 g/mol. The van der Waals surface area contributed by atoms with Crippen LogP contribution in [-0.4, -0.2) is 20.9 Å². The van der Waals surface area contributed by atoms with Gasteiger partial charge >= 0.3 is 0 Å². The Morgan fingerprint density at radius 1 is 1.62 bits per heavy atom. The molecule has 88 valence electrons. The highest BCUT2D eigenvalue weighted by Crippen LogP contribution is 2.38. The molecule has 0 saturated carbocycles. The fourth-order valence-electron chi connectivity index (χ4n) is 1.24. The molecule has 8 heteroatoms. The second kappa shape index (κ2) is 4.23. The van der Waals surface area contributed by atoms with Gasteiger partial charge in [-0.05, 0) is 6.42 Å². The third-order valence-corrected chi connectivity index (χ3v) is 5.16. The second-order valence-corrected chi connectivity index (χ2v) is 6.30. The van der Waals surface area contributed by atoms with Crippen molar-refractivity contribution in [3.05, 3.63) is 10.4 Å². The van der Waals surface area contributed by atoms with E-state index in [0.717, 1.165) is 17.8 Å². The van der Waals surface area contributed by atoms with Crippen LogP contribution in [0.15, 0.2) is 14.0 Å². The van der Waals surface area contributed by atoms with Crippen molar-refractivity contribution in [1.29, 1.82) is 0 Å². The Balaban J connectivity index is 2.37. The van der Waals surface area contributed by atoms with Gasteiger partial charge in [-0.15, -0.1) is 15.7 Å². The lowest BCUT2D eigenvalue weighted by Gasteiger charge is -2.16. The van der Waals surface area contributed by atoms with Gasteiger partial charge in [0.25, 0.3) is 10.0 Å². The van der Waals surface area contributed by atoms with Gasteiger partial charge in [-0.25, -0.2) is 0 Å². The highest BCUT2D eigenvalue weighted by atomic mass is 35.5. The molecule has 2 N–H and O–H groups in total. The van der Waals surface area contributed by atoms with Crippen molar-refractivity contribution < 1.29 is 8.42 Å². The van der Waals surface area contributed by atoms with Gasteiger partial charge in [0.05, 0.1) is 10.7 Å². The normalized spacial score (nSPS) is 17.2. The predicted molar refractivity (Wildman–Crippen MR) is 65.9 cm³/mol. The zero-order valence-electron chi connectivity index (χ0n) is 8.45. The lowest BCUT2D eigenvalue weighted by molar-refractivity contribution is 0.599. The van der Waals surface area contributed by atoms with Crippen molar-refractivity contribution in [2.24, 2.45) is 4.40 Å². The Kier molecular flexibility index (Phi) is 3.09. The topological polar surface area (TPSA) is 70.6 Å². The lowest BCUT2D eigenvalue weighted by atomic mass is 10.5. The van der Waals surface area contributed by atoms with E-state index in [1.54, 1.807) is 5.38 Å². The molecule has 0 unspecified atom stereocenters. The van der Waals surface area contributed by atoms with E-state index in [2.05, 4.69) is 15.0 Å². The highest BCUT2D eigenvalue weighted by molar-refractivity contribution is 7.92. The second-order valence-electron chi connectivity index (χ2n) is 3.21. The summed E-state index contributed by atoms with van der Waals surface area (Å²) in [5, 5.41) is 7.74. The molecule has 16 heavy (non-hydrogen) atoms. The summed E-state index contributed by atoms with van der Waals surface area (Å²) in [5.74, 6) is 0.231. The van der Waals surface area contributed by atoms with Crippen molar-refractivity contribution in [2.75, 3.05) is 11.9 Å². The lowest BCUT2D eigenvalue weighted by Crippen LogP contribution is -2.34. The van der Waals surface area contributed by atoms with E-state index >= 15 is 0 Å². The van der Waals surface area contributed by atoms with E-state index in [1.807, 2.05) is 6.92 Å². The average Bonchev–Trinajstić information content (AvgIpc) is 2.58. The minimum Gasteiger partial charge on any atom is -0.355 e. The third kappa shape index (κ3) is 2.02. The van der Waals surface area contributed by atoms with Crippen molar-refractivity contribution in [1.82, 2.24) is 5.32 Å². The molecule has 5 nitrogen and oxygen atoms in total. The van der Waals surface area contributed by atoms with Crippen molar-refractivity contribution in [2.45, 2.75) is 17.6 Å². The molecular formula is C8H10ClN3O2S2. The molecule has 0 bridgehead atoms. The minimum absolute atomic E-state index is 0.166. The molecule has 0 spiro atoms. The zero-order valence-corrected chi connectivity index (χ0v) is 10.8. The molecule has 0 radical (unpaired) electrons. The SMILES string of the molecule is CCCNC1=NS(=O)(=O)c2scc(Cl)c2N1. The highest BCUT2D eigenvalue weighted by Gasteiger charge is 2.28. The molecule has 0 amide bonds. The molecule has 0 atom stereocenters. The summed E-state index contributed by atoms with van der Waals surface area (Å²) in [6.07, 6.45) is 0.880. The largest absolute Gasteiger partial charge is 0.355 e. The van der Waals surface area contributed by atoms with Crippen LogP contribution >= 0.6 is 22.9 Å². The fraction of sp³-hybridized carbons (Fsp3) is 0.375. The molecule has 0 aliphatic carbocycles. The molecule has 1 aromatic rings. The van der Waals surface area contributed by atoms with Crippen LogP contribution < -0.4 is 10.6 Å². The minimum atomic E-state index is -3.60. The predicted octanol–water partition coefficient (Wildman–Crippen LogP) is 1.87. The zero-order chi connectivity index (χ0) is 11.8. The molecular weight excluding hydrogens is 270 g/mol. The van der Waals surface area contributed by atoms with Gasteiger partial charge in [0.1, 0.15) is 0 Å². The Hall–Kier alpha value is -0.790. The number of nitrogens with zero attached hydrogens (tertiary/aromatic N) is 1. The number of anilines is 1. The number of fused-ring (bicyclic) bond motifs is 1. The van der Waals surface area contributed by atoms with Gasteiger partial charge in [0.2, 0.25) is 5.96 Å². The van der Waals surface area contributed by atoms with Crippen molar-refractivity contribution in [3.8, 4) is 0 Å². The van der Waals surface area contributed by atoms with E-state index in [0.29, 0.717) is 17.3 Å². The maximum atomic E-state index is 11.7. The summed E-state index contributed by atoms with van der Waals surface area (Å²) < 4.78 is 27.3. The van der Waals surface area contributed by atoms with Crippen LogP contribution in [-0.2, 0) is 10.0 Å². The first kappa shape index (κ1) is 11.7. The van der Waals surface area contributed by atoms with Gasteiger partial charge in [-0.1, -0.05) is 18.5 Å². The average molecular weight is 280 g/mol. The molecule has 2 heterocycles. The number of halogens is 1. The van der Waals surface area contributed by atoms with Crippen LogP contribution in [0.1, 0.15) is 13.3 Å². The molecule has 0 aromatic carbocycles. The van der Waals surface area contributed by atoms with Gasteiger partial charge in [0.15, 0.2) is 4.21 Å². The van der Waals surface area contributed by atoms with Crippen LogP contribution in [0.2, 0.25) is 5.02 Å². The Bertz CT molecular complexity index is 535. The van der Waals surface area contributed by atoms with Crippen LogP contribution in [0.4, 0.5) is 5.69 Å². The maximum absolute atomic E-state index is 11.7. The summed E-state index contributed by atoms with van der Waals surface area (Å²) in [6, 6.07) is 0. The van der Waals surface area contributed by atoms with Crippen LogP contribution in [0.5, 0.6) is 0 Å². The number of guanidine groups is 1. The summed E-state index contributed by atoms with van der Waals surface area (Å²) in [4.78, 5) is 0. The summed E-state index contributed by atoms with van der Waals surface area (Å²) in [6.45, 7) is 2.63. The first-order valence-corrected chi connectivity index (χ1v) is 7.37. The van der Waals surface area contributed by atoms with Crippen molar-refractivity contribution in [3.63, 3.8) is 0 Å². The third-order valence-electron chi connectivity index (χ3n) is 1.94. The van der Waals surface area contributed by atoms with Gasteiger partial charge in [-0.2, -0.15) is 8.42 Å². The van der Waals surface area contributed by atoms with Gasteiger partial charge in [0, 0.05) is 11.9 Å². The van der Waals surface area contributed by atoms with Crippen LogP contribution in [0.3, 0.4) is 0 Å². The van der Waals surface area contributed by atoms with Gasteiger partial charge < -0.3 is 10.6 Å². The van der Waals surface area contributed by atoms with E-state index in [1.165, 1.54) is 0 Å². The molecule has 1 aliphatic heterocycles. The standard InChI is InChI=1S/C8H10ClN3O2S2/c1-2-3-10-8-11-6-5(9)4-15-7(6)16(13,14)12-8/h4H,2-3H2,1H3,(H2,10,11,12). The van der Waals surface area contributed by atoms with E-state index in [-0.39, 0.29) is 10.2 Å². The molecule has 1 aromatic heterocycles. The van der Waals surface area contributed by atoms with Gasteiger partial charge in [-0.3, -0.25) is 0 Å². The van der Waals surface area contributed by atoms with E-state index < -0.39 is 10.0 Å². The number of hydrogen-bond acceptors (Lipinski definition) is 5. The first-order valence-electron chi connectivity index (χ1n) is 4.67. The first-order chi connectivity index (χ1) is 7.54. The number of hydrogen-bond donors (Lipinski definition) is 2. The maximum Gasteiger partial charge on any atom is 0.297 e. The van der Waals surface area contributed by atoms with Crippen LogP contribution in [0, 0.1) is 0 Å². The van der Waals surface area contributed by atoms with E-state index in [4.69, 9.17) is 11.6 Å². The molecule has 1 aliphatic rings. The number of thiophene rings is 1. The van der Waals surface area contributed by atoms with Crippen LogP contribution in [0.25, 0.3) is 0 Å². The van der Waals surface area contributed by atoms with Crippen molar-refractivity contribution >= 4 is 44.6 Å². The molecule has 0 fully saturated rings. The Labute approximate surface area is 103 Å². The number of rotatable bonds is 2. The Morgan fingerprint density at radius 3 is 3.06 bits per heavy atom. The fourth-order valence-corrected chi connectivity index (χ4v) is 3.83. The summed E-state index contributed by atoms with van der Waals surface area (Å²) in [5.41, 5.74) is 0.417.